The van der Waals surface area contributed by atoms with E-state index < -0.39 is 82.4 Å². The Kier molecular flexibility index (Phi) is 20.3. The first-order valence-corrected chi connectivity index (χ1v) is 25.3. The first-order valence-electron chi connectivity index (χ1n) is 22.2. The molecule has 0 amide bonds. The third kappa shape index (κ3) is 11.8. The monoisotopic (exact) mass is 872 g/mol. The van der Waals surface area contributed by atoms with Crippen molar-refractivity contribution in [2.24, 2.45) is 0 Å². The summed E-state index contributed by atoms with van der Waals surface area (Å²) < 4.78 is 140. The van der Waals surface area contributed by atoms with Crippen LogP contribution >= 0.6 is 0 Å². The first kappa shape index (κ1) is 48.8. The summed E-state index contributed by atoms with van der Waals surface area (Å²) in [5.74, 6) is -17.6. The molecule has 0 heterocycles. The molecule has 0 saturated carbocycles. The Balaban J connectivity index is 1.67. The Labute approximate surface area is 351 Å². The molecule has 0 unspecified atom stereocenters. The van der Waals surface area contributed by atoms with E-state index >= 15 is 35.1 Å². The van der Waals surface area contributed by atoms with Gasteiger partial charge in [-0.15, -0.1) is 0 Å². The van der Waals surface area contributed by atoms with Crippen molar-refractivity contribution in [3.63, 3.8) is 0 Å². The SMILES string of the molecule is CCCCCCCCCCCCOc1c(F)c(F)[c]([Ti]([C]2=C(C)C=CC2)([C]2=C(C)C=CC2)[c]2c(F)c(F)c(OCCCCCCCCCCCC)c(F)c2F)c(F)c1F. The molecule has 2 aromatic rings. The molecule has 0 aliphatic heterocycles. The van der Waals surface area contributed by atoms with Gasteiger partial charge in [0.1, 0.15) is 0 Å². The van der Waals surface area contributed by atoms with Gasteiger partial charge >= 0.3 is 287 Å². The number of benzene rings is 2. The molecule has 0 bridgehead atoms. The summed E-state index contributed by atoms with van der Waals surface area (Å²) in [6.45, 7) is 6.95. The summed E-state index contributed by atoms with van der Waals surface area (Å²) in [4.78, 5) is 0. The van der Waals surface area contributed by atoms with E-state index in [1.165, 1.54) is 65.2 Å². The average Bonchev–Trinajstić information content (AvgIpc) is 3.86. The number of halogens is 8. The van der Waals surface area contributed by atoms with Crippen LogP contribution in [0.3, 0.4) is 0 Å². The molecule has 2 aliphatic rings. The van der Waals surface area contributed by atoms with Crippen molar-refractivity contribution in [2.75, 3.05) is 13.2 Å². The van der Waals surface area contributed by atoms with E-state index in [1.807, 2.05) is 0 Å². The van der Waals surface area contributed by atoms with E-state index in [1.54, 1.807) is 24.3 Å². The zero-order chi connectivity index (χ0) is 43.0. The van der Waals surface area contributed by atoms with Crippen LogP contribution < -0.4 is 17.2 Å². The zero-order valence-electron chi connectivity index (χ0n) is 35.6. The summed E-state index contributed by atoms with van der Waals surface area (Å²) in [6.07, 6.45) is 25.8. The maximum atomic E-state index is 16.8. The van der Waals surface area contributed by atoms with Crippen LogP contribution in [0.4, 0.5) is 35.1 Å². The van der Waals surface area contributed by atoms with Crippen molar-refractivity contribution in [1.82, 2.24) is 0 Å². The molecular weight excluding hydrogens is 808 g/mol. The van der Waals surface area contributed by atoms with E-state index in [-0.39, 0.29) is 33.8 Å². The van der Waals surface area contributed by atoms with Gasteiger partial charge in [-0.1, -0.05) is 65.2 Å². The molecule has 11 heteroatoms. The van der Waals surface area contributed by atoms with Gasteiger partial charge in [0.05, 0.1) is 0 Å². The molecule has 0 N–H and O–H groups in total. The van der Waals surface area contributed by atoms with Crippen LogP contribution in [0.5, 0.6) is 11.5 Å². The molecule has 0 fully saturated rings. The van der Waals surface area contributed by atoms with Crippen molar-refractivity contribution < 1.29 is 61.2 Å². The Bertz CT molecular complexity index is 1640. The van der Waals surface area contributed by atoms with Crippen molar-refractivity contribution in [3.8, 4) is 11.5 Å². The van der Waals surface area contributed by atoms with Gasteiger partial charge in [-0.3, -0.25) is 0 Å². The maximum absolute atomic E-state index is 16.8. The predicted octanol–water partition coefficient (Wildman–Crippen LogP) is 15.0. The van der Waals surface area contributed by atoms with Crippen LogP contribution in [-0.4, -0.2) is 13.2 Å². The van der Waals surface area contributed by atoms with Crippen molar-refractivity contribution in [2.45, 2.75) is 169 Å². The second kappa shape index (κ2) is 24.6. The van der Waals surface area contributed by atoms with Crippen LogP contribution in [0.15, 0.2) is 43.2 Å². The van der Waals surface area contributed by atoms with Crippen LogP contribution in [0.2, 0.25) is 0 Å². The fourth-order valence-corrected chi connectivity index (χ4v) is 17.7. The number of rotatable bonds is 28. The quantitative estimate of drug-likeness (QED) is 0.0367. The van der Waals surface area contributed by atoms with Crippen molar-refractivity contribution in [3.05, 3.63) is 89.7 Å². The van der Waals surface area contributed by atoms with Gasteiger partial charge in [0.25, 0.3) is 0 Å². The molecule has 328 valence electrons. The molecular formula is C48H64F8O2Ti. The predicted molar refractivity (Wildman–Crippen MR) is 219 cm³/mol. The topological polar surface area (TPSA) is 18.5 Å². The zero-order valence-corrected chi connectivity index (χ0v) is 37.2. The van der Waals surface area contributed by atoms with Crippen LogP contribution in [0.25, 0.3) is 0 Å². The summed E-state index contributed by atoms with van der Waals surface area (Å²) >= 11 is -6.06. The number of hydrogen-bond acceptors (Lipinski definition) is 2. The molecule has 2 aromatic carbocycles. The molecule has 0 saturated heterocycles. The first-order chi connectivity index (χ1) is 28.5. The second-order valence-electron chi connectivity index (χ2n) is 16.3. The average molecular weight is 873 g/mol. The van der Waals surface area contributed by atoms with Crippen molar-refractivity contribution in [1.29, 1.82) is 0 Å². The van der Waals surface area contributed by atoms with Gasteiger partial charge < -0.3 is 0 Å². The van der Waals surface area contributed by atoms with Gasteiger partial charge in [-0.25, -0.2) is 0 Å². The second-order valence-corrected chi connectivity index (χ2v) is 22.1. The van der Waals surface area contributed by atoms with E-state index in [0.717, 1.165) is 51.4 Å². The number of ether oxygens (including phenoxy) is 2. The normalized spacial score (nSPS) is 14.2. The fraction of sp³-hybridized carbons (Fsp3) is 0.583. The Morgan fingerprint density at radius 1 is 0.407 bits per heavy atom. The minimum atomic E-state index is -6.06. The summed E-state index contributed by atoms with van der Waals surface area (Å²) in [7, 11) is 0. The van der Waals surface area contributed by atoms with E-state index in [9.17, 15) is 0 Å². The van der Waals surface area contributed by atoms with Gasteiger partial charge in [0, 0.05) is 0 Å². The van der Waals surface area contributed by atoms with Gasteiger partial charge in [-0.2, -0.15) is 0 Å². The summed E-state index contributed by atoms with van der Waals surface area (Å²) in [6, 6.07) is 0. The Morgan fingerprint density at radius 2 is 0.678 bits per heavy atom. The fourth-order valence-electron chi connectivity index (χ4n) is 8.70. The van der Waals surface area contributed by atoms with Crippen LogP contribution in [-0.2, 0) is 16.6 Å². The number of allylic oxidation sites excluding steroid dienone is 8. The van der Waals surface area contributed by atoms with Crippen LogP contribution in [0, 0.1) is 46.5 Å². The number of hydrogen-bond donors (Lipinski definition) is 0. The van der Waals surface area contributed by atoms with Gasteiger partial charge in [-0.05, 0) is 0 Å². The Morgan fingerprint density at radius 3 is 0.932 bits per heavy atom. The Hall–Kier alpha value is -2.85. The van der Waals surface area contributed by atoms with Gasteiger partial charge in [0.2, 0.25) is 0 Å². The molecule has 0 radical (unpaired) electrons. The van der Waals surface area contributed by atoms with E-state index in [0.29, 0.717) is 36.8 Å². The summed E-state index contributed by atoms with van der Waals surface area (Å²) in [5.41, 5.74) is 0.665. The molecule has 0 spiro atoms. The van der Waals surface area contributed by atoms with Crippen LogP contribution in [0.1, 0.15) is 169 Å². The van der Waals surface area contributed by atoms with Crippen molar-refractivity contribution >= 4 is 7.74 Å². The number of unbranched alkanes of at least 4 members (excludes halogenated alkanes) is 18. The molecule has 0 atom stereocenters. The third-order valence-electron chi connectivity index (χ3n) is 11.9. The third-order valence-corrected chi connectivity index (χ3v) is 20.3. The molecule has 4 rings (SSSR count). The summed E-state index contributed by atoms with van der Waals surface area (Å²) in [5, 5.41) is 0. The standard InChI is InChI=1S/2C18H25F4O.2C6H7.Ti/c2*1-2-3-4-5-6-7-8-9-10-11-12-23-18-16(21)14(19)13-15(20)17(18)22;2*1-6-4-2-3-5-6;/h2*2-12H2,1H3;2*2,4H,3H2,1H3;. The van der Waals surface area contributed by atoms with E-state index in [2.05, 4.69) is 13.8 Å². The van der Waals surface area contributed by atoms with E-state index in [4.69, 9.17) is 9.47 Å². The molecule has 59 heavy (non-hydrogen) atoms. The molecule has 2 nitrogen and oxygen atoms in total. The molecule has 0 aromatic heterocycles. The molecule has 2 aliphatic carbocycles. The minimum absolute atomic E-state index is 0.0920. The van der Waals surface area contributed by atoms with Gasteiger partial charge in [0.15, 0.2) is 0 Å².